The summed E-state index contributed by atoms with van der Waals surface area (Å²) in [4.78, 5) is 11.4. The van der Waals surface area contributed by atoms with Gasteiger partial charge in [0.05, 0.1) is 13.1 Å². The van der Waals surface area contributed by atoms with Crippen LogP contribution in [0.15, 0.2) is 17.4 Å². The van der Waals surface area contributed by atoms with Crippen LogP contribution in [0.25, 0.3) is 0 Å². The van der Waals surface area contributed by atoms with Gasteiger partial charge in [-0.3, -0.25) is 0 Å². The van der Waals surface area contributed by atoms with Crippen molar-refractivity contribution in [1.82, 2.24) is 4.67 Å². The Morgan fingerprint density at radius 3 is 2.31 bits per heavy atom. The van der Waals surface area contributed by atoms with Crippen LogP contribution in [0, 0.1) is 0 Å². The van der Waals surface area contributed by atoms with E-state index in [1.807, 2.05) is 0 Å². The van der Waals surface area contributed by atoms with E-state index in [4.69, 9.17) is 23.2 Å². The van der Waals surface area contributed by atoms with E-state index in [1.165, 1.54) is 0 Å². The van der Waals surface area contributed by atoms with Crippen molar-refractivity contribution in [3.05, 3.63) is 12.7 Å². The van der Waals surface area contributed by atoms with Crippen molar-refractivity contribution in [1.29, 1.82) is 0 Å². The minimum atomic E-state index is -1.69. The van der Waals surface area contributed by atoms with Gasteiger partial charge in [-0.25, -0.2) is 0 Å². The van der Waals surface area contributed by atoms with E-state index in [-0.39, 0.29) is 0 Å². The summed E-state index contributed by atoms with van der Waals surface area (Å²) >= 11 is 11.1. The van der Waals surface area contributed by atoms with Gasteiger partial charge in [0.2, 0.25) is 0 Å². The van der Waals surface area contributed by atoms with Gasteiger partial charge in [0, 0.05) is 11.8 Å². The highest BCUT2D eigenvalue weighted by Crippen LogP contribution is 2.20. The fourth-order valence-electron chi connectivity index (χ4n) is 0.695. The van der Waals surface area contributed by atoms with E-state index in [0.717, 1.165) is 0 Å². The fourth-order valence-corrected chi connectivity index (χ4v) is 2.32. The Hall–Kier alpha value is 0.340. The molecule has 1 atom stereocenters. The number of alkyl halides is 2. The second-order valence-electron chi connectivity index (χ2n) is 2.20. The lowest BCUT2D eigenvalue weighted by Gasteiger charge is -2.12. The van der Waals surface area contributed by atoms with Gasteiger partial charge >= 0.3 is 0 Å². The number of hydrogen-bond donors (Lipinski definition) is 0. The molecular formula is C7H13Cl2N2OP. The molecular weight excluding hydrogens is 230 g/mol. The molecule has 0 aromatic rings. The zero-order valence-electron chi connectivity index (χ0n) is 7.33. The van der Waals surface area contributed by atoms with Crippen molar-refractivity contribution in [3.63, 3.8) is 0 Å². The molecule has 3 nitrogen and oxygen atoms in total. The molecule has 0 N–H and O–H groups in total. The summed E-state index contributed by atoms with van der Waals surface area (Å²) in [6.07, 6.45) is 1.60. The summed E-state index contributed by atoms with van der Waals surface area (Å²) < 4.78 is 5.55. The van der Waals surface area contributed by atoms with Crippen molar-refractivity contribution in [2.75, 3.05) is 31.4 Å². The van der Waals surface area contributed by atoms with Crippen LogP contribution in [0.5, 0.6) is 0 Å². The molecule has 0 radical (unpaired) electrons. The van der Waals surface area contributed by atoms with E-state index in [9.17, 15) is 4.89 Å². The molecule has 0 saturated carbocycles. The van der Waals surface area contributed by atoms with Crippen LogP contribution in [0.1, 0.15) is 0 Å². The maximum Gasteiger partial charge on any atom is 0.264 e. The van der Waals surface area contributed by atoms with Gasteiger partial charge in [-0.05, 0) is 0 Å². The predicted molar refractivity (Wildman–Crippen MR) is 57.4 cm³/mol. The molecule has 0 aliphatic carbocycles. The molecule has 0 spiro atoms. The van der Waals surface area contributed by atoms with E-state index in [0.29, 0.717) is 31.4 Å². The molecule has 0 rings (SSSR count). The SMILES string of the molecule is C=CCN=[P+]([O-])N(CCCl)CCCl. The first-order chi connectivity index (χ1) is 6.26. The lowest BCUT2D eigenvalue weighted by molar-refractivity contribution is -0.165. The summed E-state index contributed by atoms with van der Waals surface area (Å²) in [6.45, 7) is 4.98. The molecule has 0 aliphatic rings. The number of halogens is 2. The average Bonchev–Trinajstić information content (AvgIpc) is 2.14. The molecule has 0 bridgehead atoms. The lowest BCUT2D eigenvalue weighted by atomic mass is 10.6. The highest BCUT2D eigenvalue weighted by Gasteiger charge is 2.13. The molecule has 76 valence electrons. The first-order valence-corrected chi connectivity index (χ1v) is 6.12. The normalized spacial score (nSPS) is 12.2. The third-order valence-electron chi connectivity index (χ3n) is 1.26. The minimum Gasteiger partial charge on any atom is -0.595 e. The summed E-state index contributed by atoms with van der Waals surface area (Å²) in [5, 5.41) is 0. The lowest BCUT2D eigenvalue weighted by Crippen LogP contribution is -2.24. The summed E-state index contributed by atoms with van der Waals surface area (Å²) in [5.41, 5.74) is 0. The summed E-state index contributed by atoms with van der Waals surface area (Å²) in [6, 6.07) is 0. The Morgan fingerprint density at radius 1 is 1.38 bits per heavy atom. The van der Waals surface area contributed by atoms with E-state index >= 15 is 0 Å². The molecule has 0 saturated heterocycles. The highest BCUT2D eigenvalue weighted by molar-refractivity contribution is 7.36. The monoisotopic (exact) mass is 242 g/mol. The molecule has 6 heteroatoms. The van der Waals surface area contributed by atoms with E-state index in [1.54, 1.807) is 10.7 Å². The molecule has 0 heterocycles. The molecule has 1 unspecified atom stereocenters. The highest BCUT2D eigenvalue weighted by atomic mass is 35.5. The zero-order chi connectivity index (χ0) is 10.1. The van der Waals surface area contributed by atoms with Gasteiger partial charge in [0.25, 0.3) is 8.09 Å². The Morgan fingerprint density at radius 2 is 1.92 bits per heavy atom. The van der Waals surface area contributed by atoms with Gasteiger partial charge in [-0.1, -0.05) is 10.8 Å². The van der Waals surface area contributed by atoms with Crippen LogP contribution in [0.2, 0.25) is 0 Å². The van der Waals surface area contributed by atoms with Crippen molar-refractivity contribution >= 4 is 31.3 Å². The zero-order valence-corrected chi connectivity index (χ0v) is 9.73. The molecule has 0 fully saturated rings. The quantitative estimate of drug-likeness (QED) is 0.388. The first-order valence-electron chi connectivity index (χ1n) is 3.88. The van der Waals surface area contributed by atoms with Gasteiger partial charge < -0.3 is 4.89 Å². The van der Waals surface area contributed by atoms with Gasteiger partial charge in [0.15, 0.2) is 0 Å². The number of nitrogens with zero attached hydrogens (tertiary/aromatic N) is 2. The van der Waals surface area contributed by atoms with Crippen LogP contribution in [-0.2, 0) is 0 Å². The topological polar surface area (TPSA) is 38.7 Å². The Labute approximate surface area is 89.9 Å². The van der Waals surface area contributed by atoms with Gasteiger partial charge in [-0.2, -0.15) is 0 Å². The summed E-state index contributed by atoms with van der Waals surface area (Å²) in [5.74, 6) is 0.864. The molecule has 13 heavy (non-hydrogen) atoms. The van der Waals surface area contributed by atoms with Crippen molar-refractivity contribution in [3.8, 4) is 0 Å². The third-order valence-corrected chi connectivity index (χ3v) is 2.89. The Bertz CT molecular complexity index is 172. The Kier molecular flexibility index (Phi) is 9.15. The Balaban J connectivity index is 4.07. The smallest absolute Gasteiger partial charge is 0.264 e. The summed E-state index contributed by atoms with van der Waals surface area (Å²) in [7, 11) is -1.69. The fraction of sp³-hybridized carbons (Fsp3) is 0.714. The van der Waals surface area contributed by atoms with Crippen LogP contribution in [0.3, 0.4) is 0 Å². The second-order valence-corrected chi connectivity index (χ2v) is 4.31. The van der Waals surface area contributed by atoms with Crippen LogP contribution >= 0.6 is 31.3 Å². The first kappa shape index (κ1) is 13.3. The predicted octanol–water partition coefficient (Wildman–Crippen LogP) is 1.81. The van der Waals surface area contributed by atoms with E-state index in [2.05, 4.69) is 11.3 Å². The molecule has 0 aliphatic heterocycles. The maximum atomic E-state index is 11.4. The van der Waals surface area contributed by atoms with Crippen molar-refractivity contribution in [2.45, 2.75) is 0 Å². The van der Waals surface area contributed by atoms with Crippen LogP contribution in [0.4, 0.5) is 0 Å². The van der Waals surface area contributed by atoms with Crippen molar-refractivity contribution < 1.29 is 4.89 Å². The molecule has 0 aromatic heterocycles. The minimum absolute atomic E-state index is 0.399. The molecule has 0 aromatic carbocycles. The number of rotatable bonds is 7. The molecule has 0 amide bonds. The van der Waals surface area contributed by atoms with Gasteiger partial charge in [0.1, 0.15) is 6.54 Å². The largest absolute Gasteiger partial charge is 0.595 e. The number of hydrogen-bond acceptors (Lipinski definition) is 2. The van der Waals surface area contributed by atoms with Crippen LogP contribution < -0.4 is 4.89 Å². The average molecular weight is 243 g/mol. The van der Waals surface area contributed by atoms with Crippen LogP contribution in [-0.4, -0.2) is 36.1 Å². The third kappa shape index (κ3) is 6.42. The van der Waals surface area contributed by atoms with Crippen molar-refractivity contribution in [2.24, 2.45) is 4.74 Å². The standard InChI is InChI=1S/C7H13Cl2N2OP/c1-2-5-10-13(12)11(6-3-8)7-4-9/h2H,1,3-7H2. The second kappa shape index (κ2) is 8.92. The van der Waals surface area contributed by atoms with E-state index < -0.39 is 8.09 Å². The van der Waals surface area contributed by atoms with Gasteiger partial charge in [-0.15, -0.1) is 34.5 Å². The maximum absolute atomic E-state index is 11.4.